The zero-order valence-electron chi connectivity index (χ0n) is 10.4. The molecular formula is C15H12F2OS. The van der Waals surface area contributed by atoms with Crippen molar-refractivity contribution >= 4 is 17.1 Å². The number of carbonyl (C=O) groups excluding carboxylic acids is 1. The minimum absolute atomic E-state index is 0.129. The summed E-state index contributed by atoms with van der Waals surface area (Å²) >= 11 is 1.23. The first kappa shape index (κ1) is 12.5. The highest BCUT2D eigenvalue weighted by molar-refractivity contribution is 7.17. The Morgan fingerprint density at radius 3 is 2.63 bits per heavy atom. The van der Waals surface area contributed by atoms with E-state index in [-0.39, 0.29) is 22.8 Å². The number of rotatable bonds is 3. The maximum atomic E-state index is 13.9. The summed E-state index contributed by atoms with van der Waals surface area (Å²) in [6.07, 6.45) is 1.89. The number of Topliss-reactive ketones (excluding diaryl/α,β-unsaturated/α-hetero) is 1. The molecule has 0 aliphatic heterocycles. The lowest BCUT2D eigenvalue weighted by molar-refractivity contribution is 0.0971. The van der Waals surface area contributed by atoms with E-state index in [4.69, 9.17) is 0 Å². The first-order valence-corrected chi connectivity index (χ1v) is 6.98. The number of hydrogen-bond acceptors (Lipinski definition) is 2. The summed E-state index contributed by atoms with van der Waals surface area (Å²) in [4.78, 5) is 13.1. The minimum atomic E-state index is -0.453. The van der Waals surface area contributed by atoms with E-state index in [1.165, 1.54) is 30.4 Å². The van der Waals surface area contributed by atoms with Crippen LogP contribution in [0.2, 0.25) is 0 Å². The Labute approximate surface area is 113 Å². The average molecular weight is 278 g/mol. The predicted octanol–water partition coefficient (Wildman–Crippen LogP) is 4.59. The summed E-state index contributed by atoms with van der Waals surface area (Å²) < 4.78 is 27.4. The van der Waals surface area contributed by atoms with Crippen molar-refractivity contribution in [2.24, 2.45) is 5.92 Å². The Morgan fingerprint density at radius 1 is 1.21 bits per heavy atom. The molecule has 0 radical (unpaired) electrons. The Morgan fingerprint density at radius 2 is 1.95 bits per heavy atom. The van der Waals surface area contributed by atoms with E-state index in [1.807, 2.05) is 0 Å². The minimum Gasteiger partial charge on any atom is -0.293 e. The van der Waals surface area contributed by atoms with Gasteiger partial charge in [0.1, 0.15) is 11.6 Å². The van der Waals surface area contributed by atoms with Gasteiger partial charge < -0.3 is 0 Å². The van der Waals surface area contributed by atoms with Gasteiger partial charge in [-0.1, -0.05) is 0 Å². The number of carbonyl (C=O) groups is 1. The molecule has 0 bridgehead atoms. The molecule has 1 aromatic heterocycles. The highest BCUT2D eigenvalue weighted by Gasteiger charge is 2.31. The second kappa shape index (κ2) is 4.53. The number of ketones is 1. The molecule has 0 atom stereocenters. The smallest absolute Gasteiger partial charge is 0.175 e. The molecule has 1 heterocycles. The third-order valence-electron chi connectivity index (χ3n) is 3.31. The van der Waals surface area contributed by atoms with E-state index < -0.39 is 11.6 Å². The van der Waals surface area contributed by atoms with Crippen LogP contribution in [0.15, 0.2) is 24.3 Å². The van der Waals surface area contributed by atoms with Crippen LogP contribution in [-0.2, 0) is 0 Å². The monoisotopic (exact) mass is 278 g/mol. The molecule has 2 aromatic rings. The average Bonchev–Trinajstić information content (AvgIpc) is 3.11. The van der Waals surface area contributed by atoms with Crippen molar-refractivity contribution in [2.45, 2.75) is 19.8 Å². The van der Waals surface area contributed by atoms with Crippen molar-refractivity contribution in [3.05, 3.63) is 46.3 Å². The lowest BCUT2D eigenvalue weighted by Crippen LogP contribution is -1.96. The maximum absolute atomic E-state index is 13.9. The summed E-state index contributed by atoms with van der Waals surface area (Å²) in [6, 6.07) is 5.78. The largest absolute Gasteiger partial charge is 0.293 e. The van der Waals surface area contributed by atoms with E-state index >= 15 is 0 Å². The second-order valence-electron chi connectivity index (χ2n) is 4.88. The summed E-state index contributed by atoms with van der Waals surface area (Å²) in [5.74, 6) is -0.610. The van der Waals surface area contributed by atoms with Crippen molar-refractivity contribution < 1.29 is 13.6 Å². The highest BCUT2D eigenvalue weighted by Crippen LogP contribution is 2.37. The van der Waals surface area contributed by atoms with Crippen molar-refractivity contribution in [3.8, 4) is 10.4 Å². The molecule has 1 aromatic carbocycles. The molecule has 1 fully saturated rings. The van der Waals surface area contributed by atoms with Crippen molar-refractivity contribution in [2.75, 3.05) is 0 Å². The quantitative estimate of drug-likeness (QED) is 0.750. The lowest BCUT2D eigenvalue weighted by atomic mass is 10.1. The molecule has 19 heavy (non-hydrogen) atoms. The number of hydrogen-bond donors (Lipinski definition) is 0. The van der Waals surface area contributed by atoms with Crippen LogP contribution >= 0.6 is 11.3 Å². The van der Waals surface area contributed by atoms with Gasteiger partial charge in [0.2, 0.25) is 0 Å². The van der Waals surface area contributed by atoms with Crippen LogP contribution in [0.3, 0.4) is 0 Å². The van der Waals surface area contributed by atoms with Crippen LogP contribution in [0.4, 0.5) is 8.78 Å². The molecule has 1 nitrogen and oxygen atoms in total. The normalized spacial score (nSPS) is 14.7. The molecule has 0 saturated heterocycles. The standard InChI is InChI=1S/C15H12F2OS/c1-8-6-12(17)10(7-11(8)16)13-4-5-14(19-13)15(18)9-2-3-9/h4-7,9H,2-3H2,1H3. The van der Waals surface area contributed by atoms with Gasteiger partial charge in [-0.05, 0) is 49.6 Å². The SMILES string of the molecule is Cc1cc(F)c(-c2ccc(C(=O)C3CC3)s2)cc1F. The molecule has 0 spiro atoms. The Bertz CT molecular complexity index is 656. The van der Waals surface area contributed by atoms with Crippen molar-refractivity contribution in [3.63, 3.8) is 0 Å². The fraction of sp³-hybridized carbons (Fsp3) is 0.267. The molecule has 1 aliphatic carbocycles. The second-order valence-corrected chi connectivity index (χ2v) is 5.97. The molecule has 98 valence electrons. The molecule has 1 aliphatic rings. The Hall–Kier alpha value is -1.55. The van der Waals surface area contributed by atoms with E-state index in [9.17, 15) is 13.6 Å². The van der Waals surface area contributed by atoms with Gasteiger partial charge in [0.25, 0.3) is 0 Å². The summed E-state index contributed by atoms with van der Waals surface area (Å²) in [5.41, 5.74) is 0.509. The summed E-state index contributed by atoms with van der Waals surface area (Å²) in [5, 5.41) is 0. The maximum Gasteiger partial charge on any atom is 0.175 e. The number of benzene rings is 1. The van der Waals surface area contributed by atoms with E-state index in [1.54, 1.807) is 12.1 Å². The van der Waals surface area contributed by atoms with Crippen LogP contribution < -0.4 is 0 Å². The fourth-order valence-electron chi connectivity index (χ4n) is 2.00. The van der Waals surface area contributed by atoms with Gasteiger partial charge in [-0.25, -0.2) is 8.78 Å². The topological polar surface area (TPSA) is 17.1 Å². The van der Waals surface area contributed by atoms with Crippen LogP contribution in [-0.4, -0.2) is 5.78 Å². The third-order valence-corrected chi connectivity index (χ3v) is 4.44. The third kappa shape index (κ3) is 2.32. The van der Waals surface area contributed by atoms with Gasteiger partial charge in [-0.3, -0.25) is 4.79 Å². The number of aryl methyl sites for hydroxylation is 1. The van der Waals surface area contributed by atoms with E-state index in [2.05, 4.69) is 0 Å². The van der Waals surface area contributed by atoms with Gasteiger partial charge in [-0.15, -0.1) is 11.3 Å². The van der Waals surface area contributed by atoms with Gasteiger partial charge in [-0.2, -0.15) is 0 Å². The Kier molecular flexibility index (Phi) is 2.97. The molecule has 4 heteroatoms. The number of halogens is 2. The van der Waals surface area contributed by atoms with Crippen LogP contribution in [0.25, 0.3) is 10.4 Å². The van der Waals surface area contributed by atoms with E-state index in [0.717, 1.165) is 12.8 Å². The van der Waals surface area contributed by atoms with Crippen molar-refractivity contribution in [1.82, 2.24) is 0 Å². The molecule has 0 unspecified atom stereocenters. The Balaban J connectivity index is 1.98. The molecular weight excluding hydrogens is 266 g/mol. The molecule has 3 rings (SSSR count). The van der Waals surface area contributed by atoms with Gasteiger partial charge in [0, 0.05) is 16.4 Å². The van der Waals surface area contributed by atoms with Crippen molar-refractivity contribution in [1.29, 1.82) is 0 Å². The predicted molar refractivity (Wildman–Crippen MR) is 71.5 cm³/mol. The molecule has 1 saturated carbocycles. The van der Waals surface area contributed by atoms with Gasteiger partial charge in [0.05, 0.1) is 4.88 Å². The van der Waals surface area contributed by atoms with Crippen LogP contribution in [0, 0.1) is 24.5 Å². The zero-order chi connectivity index (χ0) is 13.6. The molecule has 0 amide bonds. The first-order chi connectivity index (χ1) is 9.06. The lowest BCUT2D eigenvalue weighted by Gasteiger charge is -2.03. The molecule has 0 N–H and O–H groups in total. The van der Waals surface area contributed by atoms with E-state index in [0.29, 0.717) is 9.75 Å². The van der Waals surface area contributed by atoms with Gasteiger partial charge >= 0.3 is 0 Å². The fourth-order valence-corrected chi connectivity index (χ4v) is 3.04. The van der Waals surface area contributed by atoms with Crippen LogP contribution in [0.1, 0.15) is 28.1 Å². The summed E-state index contributed by atoms with van der Waals surface area (Å²) in [6.45, 7) is 1.53. The summed E-state index contributed by atoms with van der Waals surface area (Å²) in [7, 11) is 0. The van der Waals surface area contributed by atoms with Gasteiger partial charge in [0.15, 0.2) is 5.78 Å². The first-order valence-electron chi connectivity index (χ1n) is 6.16. The number of thiophene rings is 1. The zero-order valence-corrected chi connectivity index (χ0v) is 11.2. The van der Waals surface area contributed by atoms with Crippen LogP contribution in [0.5, 0.6) is 0 Å². The highest BCUT2D eigenvalue weighted by atomic mass is 32.1.